The summed E-state index contributed by atoms with van der Waals surface area (Å²) in [5.41, 5.74) is 4.53. The third kappa shape index (κ3) is 5.36. The number of methoxy groups -OCH3 is 1. The number of hydrogen-bond donors (Lipinski definition) is 2. The van der Waals surface area contributed by atoms with Crippen LogP contribution in [0.25, 0.3) is 10.2 Å². The van der Waals surface area contributed by atoms with Gasteiger partial charge in [-0.25, -0.2) is 4.98 Å². The minimum atomic E-state index is -0.107. The van der Waals surface area contributed by atoms with Crippen LogP contribution in [-0.4, -0.2) is 80.0 Å². The van der Waals surface area contributed by atoms with Gasteiger partial charge in [-0.15, -0.1) is 11.3 Å². The maximum atomic E-state index is 12.9. The molecular weight excluding hydrogens is 514 g/mol. The van der Waals surface area contributed by atoms with E-state index in [0.717, 1.165) is 27.9 Å². The van der Waals surface area contributed by atoms with Crippen molar-refractivity contribution in [2.24, 2.45) is 0 Å². The molecule has 0 saturated carbocycles. The smallest absolute Gasteiger partial charge is 0.255 e. The number of carbonyl (C=O) groups excluding carboxylic acids is 2. The van der Waals surface area contributed by atoms with Crippen LogP contribution < -0.4 is 20.3 Å². The maximum absolute atomic E-state index is 12.9. The Morgan fingerprint density at radius 2 is 1.85 bits per heavy atom. The number of likely N-dealkylation sites (N-methyl/N-ethyl adjacent to an activating group) is 1. The molecule has 2 amide bonds. The summed E-state index contributed by atoms with van der Waals surface area (Å²) in [7, 11) is 8.83. The van der Waals surface area contributed by atoms with Crippen molar-refractivity contribution >= 4 is 62.2 Å². The van der Waals surface area contributed by atoms with Gasteiger partial charge in [0.15, 0.2) is 5.82 Å². The van der Waals surface area contributed by atoms with Crippen molar-refractivity contribution in [3.8, 4) is 5.75 Å². The number of aromatic nitrogens is 2. The van der Waals surface area contributed by atoms with Gasteiger partial charge in [0.1, 0.15) is 5.75 Å². The second-order valence-corrected chi connectivity index (χ2v) is 10.7. The van der Waals surface area contributed by atoms with Crippen molar-refractivity contribution in [3.05, 3.63) is 59.0 Å². The normalized spacial score (nSPS) is 12.5. The first-order valence-electron chi connectivity index (χ1n) is 12.5. The number of hydrogen-bond acceptors (Lipinski definition) is 9. The second kappa shape index (κ2) is 10.9. The molecule has 3 heterocycles. The van der Waals surface area contributed by atoms with Crippen molar-refractivity contribution in [1.82, 2.24) is 19.8 Å². The molecule has 0 spiro atoms. The average molecular weight is 546 g/mol. The van der Waals surface area contributed by atoms with Crippen LogP contribution in [0.1, 0.15) is 15.9 Å². The zero-order valence-corrected chi connectivity index (χ0v) is 23.4. The summed E-state index contributed by atoms with van der Waals surface area (Å²) in [5.74, 6) is 1.52. The van der Waals surface area contributed by atoms with Gasteiger partial charge in [0.25, 0.3) is 5.91 Å². The number of fused-ring (bicyclic) bond motifs is 2. The zero-order valence-electron chi connectivity index (χ0n) is 22.6. The molecule has 11 heteroatoms. The molecular formula is C28H31N7O3S. The Morgan fingerprint density at radius 1 is 1.05 bits per heavy atom. The predicted molar refractivity (Wildman–Crippen MR) is 156 cm³/mol. The topological polar surface area (TPSA) is 103 Å². The second-order valence-electron chi connectivity index (χ2n) is 9.74. The molecule has 10 nitrogen and oxygen atoms in total. The van der Waals surface area contributed by atoms with Gasteiger partial charge in [-0.2, -0.15) is 4.98 Å². The van der Waals surface area contributed by atoms with E-state index in [2.05, 4.69) is 10.6 Å². The molecule has 0 fully saturated rings. The number of nitrogens with zero attached hydrogens (tertiary/aromatic N) is 5. The fourth-order valence-corrected chi connectivity index (χ4v) is 5.34. The molecule has 2 N–H and O–H groups in total. The molecule has 0 saturated heterocycles. The van der Waals surface area contributed by atoms with E-state index in [0.29, 0.717) is 47.5 Å². The van der Waals surface area contributed by atoms with Crippen molar-refractivity contribution in [2.75, 3.05) is 63.9 Å². The van der Waals surface area contributed by atoms with Gasteiger partial charge >= 0.3 is 0 Å². The summed E-state index contributed by atoms with van der Waals surface area (Å²) in [6.07, 6.45) is 0.766. The first kappa shape index (κ1) is 26.4. The van der Waals surface area contributed by atoms with Gasteiger partial charge in [0, 0.05) is 26.3 Å². The number of rotatable bonds is 8. The highest BCUT2D eigenvalue weighted by Gasteiger charge is 2.27. The molecule has 1 aliphatic rings. The fraction of sp³-hybridized carbons (Fsp3) is 0.286. The molecule has 39 heavy (non-hydrogen) atoms. The molecule has 4 aromatic rings. The Hall–Kier alpha value is -4.22. The van der Waals surface area contributed by atoms with Gasteiger partial charge in [0.2, 0.25) is 11.9 Å². The van der Waals surface area contributed by atoms with Gasteiger partial charge in [-0.1, -0.05) is 12.1 Å². The van der Waals surface area contributed by atoms with E-state index in [9.17, 15) is 9.59 Å². The Balaban J connectivity index is 1.51. The van der Waals surface area contributed by atoms with Crippen molar-refractivity contribution in [2.45, 2.75) is 6.42 Å². The van der Waals surface area contributed by atoms with Crippen LogP contribution in [0.3, 0.4) is 0 Å². The lowest BCUT2D eigenvalue weighted by Crippen LogP contribution is -2.36. The van der Waals surface area contributed by atoms with Gasteiger partial charge in [0.05, 0.1) is 40.8 Å². The molecule has 2 aromatic heterocycles. The zero-order chi connectivity index (χ0) is 27.7. The van der Waals surface area contributed by atoms with E-state index >= 15 is 0 Å². The first-order valence-corrected chi connectivity index (χ1v) is 13.4. The largest absolute Gasteiger partial charge is 0.495 e. The third-order valence-electron chi connectivity index (χ3n) is 6.42. The van der Waals surface area contributed by atoms with Crippen molar-refractivity contribution in [3.63, 3.8) is 0 Å². The quantitative estimate of drug-likeness (QED) is 0.337. The summed E-state index contributed by atoms with van der Waals surface area (Å²) in [4.78, 5) is 40.4. The number of benzene rings is 2. The summed E-state index contributed by atoms with van der Waals surface area (Å²) < 4.78 is 6.55. The SMILES string of the molecule is COc1cc2c(cc1Nc1nc(Nc3ccccc3C(=O)N(C)C)c3sccc3n1)N(C(=O)CN(C)C)CC2. The van der Waals surface area contributed by atoms with Gasteiger partial charge in [-0.3, -0.25) is 9.59 Å². The Bertz CT molecular complexity index is 1550. The monoisotopic (exact) mass is 545 g/mol. The van der Waals surface area contributed by atoms with Crippen LogP contribution in [0.4, 0.5) is 28.8 Å². The summed E-state index contributed by atoms with van der Waals surface area (Å²) >= 11 is 1.52. The summed E-state index contributed by atoms with van der Waals surface area (Å²) in [6.45, 7) is 0.962. The lowest BCUT2D eigenvalue weighted by atomic mass is 10.1. The molecule has 0 radical (unpaired) electrons. The number of carbonyl (C=O) groups is 2. The number of anilines is 5. The Kier molecular flexibility index (Phi) is 7.36. The molecule has 0 bridgehead atoms. The van der Waals surface area contributed by atoms with Crippen LogP contribution in [-0.2, 0) is 11.2 Å². The highest BCUT2D eigenvalue weighted by Crippen LogP contribution is 2.39. The van der Waals surface area contributed by atoms with E-state index < -0.39 is 0 Å². The lowest BCUT2D eigenvalue weighted by molar-refractivity contribution is -0.119. The number of para-hydroxylation sites is 1. The molecule has 5 rings (SSSR count). The molecule has 0 unspecified atom stereocenters. The lowest BCUT2D eigenvalue weighted by Gasteiger charge is -2.21. The minimum absolute atomic E-state index is 0.0447. The molecule has 2 aromatic carbocycles. The van der Waals surface area contributed by atoms with E-state index in [1.54, 1.807) is 32.2 Å². The van der Waals surface area contributed by atoms with Crippen molar-refractivity contribution in [1.29, 1.82) is 0 Å². The van der Waals surface area contributed by atoms with Crippen LogP contribution in [0.5, 0.6) is 5.75 Å². The van der Waals surface area contributed by atoms with Crippen LogP contribution in [0.2, 0.25) is 0 Å². The molecule has 0 atom stereocenters. The molecule has 202 valence electrons. The standard InChI is InChI=1S/C28H31N7O3S/c1-33(2)16-24(36)35-12-10-17-14-23(38-5)21(15-22(17)35)31-28-30-20-11-13-39-25(20)26(32-28)29-19-9-7-6-8-18(19)27(37)34(3)4/h6-9,11,13-15H,10,12,16H2,1-5H3,(H2,29,30,31,32). The van der Waals surface area contributed by atoms with E-state index in [1.807, 2.05) is 65.7 Å². The summed E-state index contributed by atoms with van der Waals surface area (Å²) in [5, 5.41) is 8.62. The average Bonchev–Trinajstić information content (AvgIpc) is 3.54. The van der Waals surface area contributed by atoms with E-state index in [-0.39, 0.29) is 11.8 Å². The predicted octanol–water partition coefficient (Wildman–Crippen LogP) is 4.34. The minimum Gasteiger partial charge on any atom is -0.495 e. The Labute approximate surface area is 231 Å². The third-order valence-corrected chi connectivity index (χ3v) is 7.33. The maximum Gasteiger partial charge on any atom is 0.255 e. The highest BCUT2D eigenvalue weighted by molar-refractivity contribution is 7.17. The number of nitrogens with one attached hydrogen (secondary N) is 2. The Morgan fingerprint density at radius 3 is 2.59 bits per heavy atom. The van der Waals surface area contributed by atoms with E-state index in [1.165, 1.54) is 11.3 Å². The molecule has 0 aliphatic carbocycles. The van der Waals surface area contributed by atoms with Crippen LogP contribution in [0.15, 0.2) is 47.8 Å². The summed E-state index contributed by atoms with van der Waals surface area (Å²) in [6, 6.07) is 13.2. The molecule has 1 aliphatic heterocycles. The number of amides is 2. The number of ether oxygens (including phenoxy) is 1. The van der Waals surface area contributed by atoms with Crippen LogP contribution >= 0.6 is 11.3 Å². The fourth-order valence-electron chi connectivity index (χ4n) is 4.57. The number of thiophene rings is 1. The van der Waals surface area contributed by atoms with Gasteiger partial charge < -0.3 is 30.1 Å². The highest BCUT2D eigenvalue weighted by atomic mass is 32.1. The van der Waals surface area contributed by atoms with Crippen molar-refractivity contribution < 1.29 is 14.3 Å². The van der Waals surface area contributed by atoms with Crippen LogP contribution in [0, 0.1) is 0 Å². The van der Waals surface area contributed by atoms with Gasteiger partial charge in [-0.05, 0) is 61.8 Å². The first-order chi connectivity index (χ1) is 18.7. The van der Waals surface area contributed by atoms with E-state index in [4.69, 9.17) is 14.7 Å².